The summed E-state index contributed by atoms with van der Waals surface area (Å²) >= 11 is 1.83. The minimum Gasteiger partial charge on any atom is -0.277 e. The number of thiophene rings is 1. The average molecular weight is 175 g/mol. The predicted molar refractivity (Wildman–Crippen MR) is 48.1 cm³/mol. The number of hydrogen-bond donors (Lipinski definition) is 1. The van der Waals surface area contributed by atoms with Gasteiger partial charge in [0.1, 0.15) is 6.20 Å². The molecule has 0 saturated heterocycles. The Morgan fingerprint density at radius 2 is 2.50 bits per heavy atom. The zero-order valence-corrected chi connectivity index (χ0v) is 7.24. The molecule has 1 radical (unpaired) electrons. The zero-order valence-electron chi connectivity index (χ0n) is 6.42. The normalized spacial score (nSPS) is 14.0. The molecule has 59 valence electrons. The molecule has 0 amide bonds. The Morgan fingerprint density at radius 3 is 3.50 bits per heavy atom. The van der Waals surface area contributed by atoms with Crippen molar-refractivity contribution in [3.63, 3.8) is 0 Å². The van der Waals surface area contributed by atoms with E-state index < -0.39 is 0 Å². The Hall–Kier alpha value is -1.09. The van der Waals surface area contributed by atoms with Crippen LogP contribution in [-0.4, -0.2) is 10.2 Å². The molecule has 0 fully saturated rings. The second-order valence-corrected chi connectivity index (χ2v) is 3.95. The first-order valence-electron chi connectivity index (χ1n) is 3.97. The van der Waals surface area contributed by atoms with E-state index >= 15 is 0 Å². The standard InChI is InChI=1S/C9H7N2S/c1-2-8-7(3-4-12-8)9-6(1)5-10-11-9/h3-4H,1-2H2,(H,10,11). The van der Waals surface area contributed by atoms with Crippen molar-refractivity contribution < 1.29 is 0 Å². The molecule has 2 nitrogen and oxygen atoms in total. The van der Waals surface area contributed by atoms with Crippen molar-refractivity contribution in [1.82, 2.24) is 10.2 Å². The minimum absolute atomic E-state index is 1.08. The van der Waals surface area contributed by atoms with E-state index in [1.807, 2.05) is 11.3 Å². The fourth-order valence-corrected chi connectivity index (χ4v) is 2.56. The van der Waals surface area contributed by atoms with E-state index in [0.717, 1.165) is 12.8 Å². The summed E-state index contributed by atoms with van der Waals surface area (Å²) in [6.45, 7) is 0. The Bertz CT molecular complexity index is 373. The summed E-state index contributed by atoms with van der Waals surface area (Å²) in [6.07, 6.45) is 5.22. The molecule has 3 rings (SSSR count). The Morgan fingerprint density at radius 1 is 1.50 bits per heavy atom. The van der Waals surface area contributed by atoms with E-state index in [1.54, 1.807) is 0 Å². The second-order valence-electron chi connectivity index (χ2n) is 2.95. The Labute approximate surface area is 74.3 Å². The summed E-state index contributed by atoms with van der Waals surface area (Å²) in [4.78, 5) is 1.47. The van der Waals surface area contributed by atoms with Gasteiger partial charge in [-0.2, -0.15) is 5.10 Å². The second kappa shape index (κ2) is 2.20. The molecule has 0 saturated carbocycles. The minimum atomic E-state index is 1.08. The third-order valence-electron chi connectivity index (χ3n) is 2.28. The maximum atomic E-state index is 3.94. The third kappa shape index (κ3) is 0.716. The van der Waals surface area contributed by atoms with Gasteiger partial charge in [0.15, 0.2) is 0 Å². The molecule has 3 heteroatoms. The molecule has 1 aliphatic rings. The van der Waals surface area contributed by atoms with Crippen LogP contribution in [-0.2, 0) is 12.8 Å². The highest BCUT2D eigenvalue weighted by Gasteiger charge is 2.18. The lowest BCUT2D eigenvalue weighted by Gasteiger charge is -2.09. The van der Waals surface area contributed by atoms with Crippen LogP contribution in [0.25, 0.3) is 11.3 Å². The summed E-state index contributed by atoms with van der Waals surface area (Å²) in [5.41, 5.74) is 3.74. The molecular formula is C9H7N2S. The summed E-state index contributed by atoms with van der Waals surface area (Å²) in [5.74, 6) is 0. The largest absolute Gasteiger partial charge is 0.277 e. The van der Waals surface area contributed by atoms with E-state index in [0.29, 0.717) is 0 Å². The van der Waals surface area contributed by atoms with Crippen molar-refractivity contribution in [1.29, 1.82) is 0 Å². The van der Waals surface area contributed by atoms with Crippen molar-refractivity contribution in [2.75, 3.05) is 0 Å². The van der Waals surface area contributed by atoms with Gasteiger partial charge in [-0.05, 0) is 24.3 Å². The lowest BCUT2D eigenvalue weighted by molar-refractivity contribution is 0.963. The van der Waals surface area contributed by atoms with Crippen LogP contribution in [0.2, 0.25) is 0 Å². The highest BCUT2D eigenvalue weighted by atomic mass is 32.1. The number of rotatable bonds is 0. The lowest BCUT2D eigenvalue weighted by Crippen LogP contribution is -1.98. The molecule has 0 unspecified atom stereocenters. The molecule has 2 aromatic heterocycles. The SMILES string of the molecule is [c]1n[nH]c2c1CCc1sccc1-2. The number of fused-ring (bicyclic) bond motifs is 3. The fourth-order valence-electron chi connectivity index (χ4n) is 1.67. The van der Waals surface area contributed by atoms with Gasteiger partial charge in [0.2, 0.25) is 0 Å². The maximum absolute atomic E-state index is 3.94. The van der Waals surface area contributed by atoms with E-state index in [9.17, 15) is 0 Å². The molecule has 12 heavy (non-hydrogen) atoms. The van der Waals surface area contributed by atoms with E-state index in [4.69, 9.17) is 0 Å². The molecule has 2 aromatic rings. The van der Waals surface area contributed by atoms with Crippen LogP contribution < -0.4 is 0 Å². The van der Waals surface area contributed by atoms with Gasteiger partial charge in [-0.25, -0.2) is 0 Å². The number of aromatic amines is 1. The number of aryl methyl sites for hydroxylation is 2. The van der Waals surface area contributed by atoms with Crippen LogP contribution in [0.3, 0.4) is 0 Å². The van der Waals surface area contributed by atoms with Gasteiger partial charge < -0.3 is 0 Å². The molecule has 2 heterocycles. The predicted octanol–water partition coefficient (Wildman–Crippen LogP) is 2.04. The van der Waals surface area contributed by atoms with Crippen LogP contribution in [0.15, 0.2) is 11.4 Å². The molecule has 0 atom stereocenters. The fraction of sp³-hybridized carbons (Fsp3) is 0.222. The third-order valence-corrected chi connectivity index (χ3v) is 3.26. The van der Waals surface area contributed by atoms with Crippen LogP contribution in [0, 0.1) is 6.20 Å². The molecule has 1 N–H and O–H groups in total. The van der Waals surface area contributed by atoms with E-state index in [2.05, 4.69) is 27.8 Å². The van der Waals surface area contributed by atoms with Crippen molar-refractivity contribution in [3.05, 3.63) is 28.1 Å². The number of nitrogens with one attached hydrogen (secondary N) is 1. The van der Waals surface area contributed by atoms with E-state index in [-0.39, 0.29) is 0 Å². The number of H-pyrrole nitrogens is 1. The van der Waals surface area contributed by atoms with Crippen molar-refractivity contribution in [2.24, 2.45) is 0 Å². The van der Waals surface area contributed by atoms with Gasteiger partial charge in [-0.1, -0.05) is 0 Å². The average Bonchev–Trinajstić information content (AvgIpc) is 2.71. The zero-order chi connectivity index (χ0) is 7.97. The first-order chi connectivity index (χ1) is 5.95. The van der Waals surface area contributed by atoms with Crippen LogP contribution >= 0.6 is 11.3 Å². The summed E-state index contributed by atoms with van der Waals surface area (Å²) in [5, 5.41) is 9.08. The van der Waals surface area contributed by atoms with Crippen molar-refractivity contribution >= 4 is 11.3 Å². The Kier molecular flexibility index (Phi) is 1.18. The van der Waals surface area contributed by atoms with Gasteiger partial charge in [-0.15, -0.1) is 11.3 Å². The van der Waals surface area contributed by atoms with Gasteiger partial charge in [0.25, 0.3) is 0 Å². The van der Waals surface area contributed by atoms with E-state index in [1.165, 1.54) is 21.7 Å². The molecule has 0 spiro atoms. The molecule has 0 aromatic carbocycles. The van der Waals surface area contributed by atoms with Crippen LogP contribution in [0.4, 0.5) is 0 Å². The van der Waals surface area contributed by atoms with Gasteiger partial charge in [0.05, 0.1) is 5.69 Å². The van der Waals surface area contributed by atoms with Crippen molar-refractivity contribution in [3.8, 4) is 11.3 Å². The summed E-state index contributed by atoms with van der Waals surface area (Å²) in [7, 11) is 0. The molecular weight excluding hydrogens is 168 g/mol. The number of aromatic nitrogens is 2. The quantitative estimate of drug-likeness (QED) is 0.652. The van der Waals surface area contributed by atoms with Gasteiger partial charge in [0, 0.05) is 16.0 Å². The highest BCUT2D eigenvalue weighted by Crippen LogP contribution is 2.34. The summed E-state index contributed by atoms with van der Waals surface area (Å²) < 4.78 is 0. The van der Waals surface area contributed by atoms with Crippen molar-refractivity contribution in [2.45, 2.75) is 12.8 Å². The van der Waals surface area contributed by atoms with Gasteiger partial charge >= 0.3 is 0 Å². The molecule has 0 aliphatic heterocycles. The number of hydrogen-bond acceptors (Lipinski definition) is 2. The monoisotopic (exact) mass is 175 g/mol. The highest BCUT2D eigenvalue weighted by molar-refractivity contribution is 7.10. The van der Waals surface area contributed by atoms with Gasteiger partial charge in [-0.3, -0.25) is 5.10 Å². The Balaban J connectivity index is 2.32. The first kappa shape index (κ1) is 6.43. The van der Waals surface area contributed by atoms with Crippen LogP contribution in [0.5, 0.6) is 0 Å². The first-order valence-corrected chi connectivity index (χ1v) is 4.85. The maximum Gasteiger partial charge on any atom is 0.116 e. The number of nitrogens with zero attached hydrogens (tertiary/aromatic N) is 1. The van der Waals surface area contributed by atoms with Crippen LogP contribution in [0.1, 0.15) is 10.4 Å². The molecule has 0 bridgehead atoms. The molecule has 1 aliphatic carbocycles. The smallest absolute Gasteiger partial charge is 0.116 e. The lowest BCUT2D eigenvalue weighted by atomic mass is 9.98. The summed E-state index contributed by atoms with van der Waals surface area (Å²) in [6, 6.07) is 2.16. The topological polar surface area (TPSA) is 28.7 Å².